The van der Waals surface area contributed by atoms with Crippen molar-refractivity contribution in [2.75, 3.05) is 10.0 Å². The number of amides is 1. The van der Waals surface area contributed by atoms with Crippen molar-refractivity contribution >= 4 is 49.9 Å². The second-order valence-electron chi connectivity index (χ2n) is 6.87. The fourth-order valence-corrected chi connectivity index (χ4v) is 4.34. The van der Waals surface area contributed by atoms with E-state index in [1.54, 1.807) is 42.7 Å². The SMILES string of the molecule is O=C(CCn1cnc2ccccc21)Nc1cccc(S(=O)(=O)Nc2ccc(Cl)cc2)c1. The molecule has 2 N–H and O–H groups in total. The number of anilines is 2. The quantitative estimate of drug-likeness (QED) is 0.429. The first kappa shape index (κ1) is 20.9. The number of fused-ring (bicyclic) bond motifs is 1. The van der Waals surface area contributed by atoms with E-state index in [-0.39, 0.29) is 17.2 Å². The van der Waals surface area contributed by atoms with Crippen molar-refractivity contribution < 1.29 is 13.2 Å². The highest BCUT2D eigenvalue weighted by Gasteiger charge is 2.15. The van der Waals surface area contributed by atoms with E-state index >= 15 is 0 Å². The molecule has 0 atom stereocenters. The third kappa shape index (κ3) is 5.04. The number of imidazole rings is 1. The fourth-order valence-electron chi connectivity index (χ4n) is 3.11. The number of rotatable bonds is 7. The minimum absolute atomic E-state index is 0.0425. The van der Waals surface area contributed by atoms with E-state index in [0.717, 1.165) is 11.0 Å². The van der Waals surface area contributed by atoms with Crippen LogP contribution in [0.5, 0.6) is 0 Å². The van der Waals surface area contributed by atoms with Crippen molar-refractivity contribution in [3.8, 4) is 0 Å². The summed E-state index contributed by atoms with van der Waals surface area (Å²) in [7, 11) is -3.81. The zero-order valence-electron chi connectivity index (χ0n) is 16.3. The van der Waals surface area contributed by atoms with Crippen LogP contribution >= 0.6 is 11.6 Å². The highest BCUT2D eigenvalue weighted by Crippen LogP contribution is 2.21. The Bertz CT molecular complexity index is 1330. The lowest BCUT2D eigenvalue weighted by Crippen LogP contribution is -2.16. The molecule has 1 heterocycles. The van der Waals surface area contributed by atoms with Gasteiger partial charge in [0.15, 0.2) is 0 Å². The lowest BCUT2D eigenvalue weighted by atomic mass is 10.3. The first-order valence-corrected chi connectivity index (χ1v) is 11.3. The Morgan fingerprint density at radius 1 is 0.968 bits per heavy atom. The summed E-state index contributed by atoms with van der Waals surface area (Å²) >= 11 is 5.83. The first-order valence-electron chi connectivity index (χ1n) is 9.49. The summed E-state index contributed by atoms with van der Waals surface area (Å²) in [4.78, 5) is 16.8. The summed E-state index contributed by atoms with van der Waals surface area (Å²) < 4.78 is 29.7. The maximum absolute atomic E-state index is 12.7. The molecule has 0 aliphatic heterocycles. The largest absolute Gasteiger partial charge is 0.330 e. The molecule has 0 saturated heterocycles. The normalized spacial score (nSPS) is 11.4. The number of halogens is 1. The zero-order valence-corrected chi connectivity index (χ0v) is 17.9. The van der Waals surface area contributed by atoms with Crippen LogP contribution in [-0.2, 0) is 21.4 Å². The molecule has 4 aromatic rings. The monoisotopic (exact) mass is 454 g/mol. The lowest BCUT2D eigenvalue weighted by Gasteiger charge is -2.11. The molecular formula is C22H19ClN4O3S. The molecule has 1 aromatic heterocycles. The van der Waals surface area contributed by atoms with Gasteiger partial charge in [0.1, 0.15) is 0 Å². The third-order valence-corrected chi connectivity index (χ3v) is 6.26. The van der Waals surface area contributed by atoms with Gasteiger partial charge in [0, 0.05) is 29.4 Å². The van der Waals surface area contributed by atoms with Crippen molar-refractivity contribution in [1.29, 1.82) is 0 Å². The number of carbonyl (C=O) groups is 1. The van der Waals surface area contributed by atoms with E-state index in [4.69, 9.17) is 11.6 Å². The number of nitrogens with zero attached hydrogens (tertiary/aromatic N) is 2. The Morgan fingerprint density at radius 2 is 1.74 bits per heavy atom. The molecule has 0 fully saturated rings. The average Bonchev–Trinajstić information content (AvgIpc) is 3.17. The summed E-state index contributed by atoms with van der Waals surface area (Å²) in [5.41, 5.74) is 2.62. The van der Waals surface area contributed by atoms with E-state index in [0.29, 0.717) is 22.9 Å². The molecule has 158 valence electrons. The van der Waals surface area contributed by atoms with Crippen LogP contribution in [0, 0.1) is 0 Å². The Labute approximate surface area is 184 Å². The summed E-state index contributed by atoms with van der Waals surface area (Å²) in [6.45, 7) is 0.461. The van der Waals surface area contributed by atoms with Gasteiger partial charge in [-0.25, -0.2) is 13.4 Å². The molecule has 0 radical (unpaired) electrons. The molecule has 0 saturated carbocycles. The van der Waals surface area contributed by atoms with Gasteiger partial charge in [0.25, 0.3) is 10.0 Å². The number of para-hydroxylation sites is 2. The van der Waals surface area contributed by atoms with Crippen molar-refractivity contribution in [3.63, 3.8) is 0 Å². The topological polar surface area (TPSA) is 93.1 Å². The molecule has 31 heavy (non-hydrogen) atoms. The summed E-state index contributed by atoms with van der Waals surface area (Å²) in [6, 6.07) is 20.1. The van der Waals surface area contributed by atoms with E-state index in [1.807, 2.05) is 28.8 Å². The Hall–Kier alpha value is -3.36. The standard InChI is InChI=1S/C22H19ClN4O3S/c23-16-8-10-17(11-9-16)26-31(29,30)19-5-3-4-18(14-19)25-22(28)12-13-27-15-24-20-6-1-2-7-21(20)27/h1-11,14-15,26H,12-13H2,(H,25,28). The maximum atomic E-state index is 12.7. The number of sulfonamides is 1. The number of hydrogen-bond donors (Lipinski definition) is 2. The Balaban J connectivity index is 1.41. The second kappa shape index (κ2) is 8.79. The van der Waals surface area contributed by atoms with Crippen molar-refractivity contribution in [1.82, 2.24) is 9.55 Å². The predicted molar refractivity (Wildman–Crippen MR) is 122 cm³/mol. The van der Waals surface area contributed by atoms with E-state index in [9.17, 15) is 13.2 Å². The molecular weight excluding hydrogens is 436 g/mol. The molecule has 0 aliphatic carbocycles. The highest BCUT2D eigenvalue weighted by atomic mass is 35.5. The van der Waals surface area contributed by atoms with E-state index in [1.165, 1.54) is 12.1 Å². The summed E-state index contributed by atoms with van der Waals surface area (Å²) in [5.74, 6) is -0.224. The van der Waals surface area contributed by atoms with Gasteiger partial charge < -0.3 is 9.88 Å². The number of aryl methyl sites for hydroxylation is 1. The zero-order chi connectivity index (χ0) is 21.8. The van der Waals surface area contributed by atoms with Crippen LogP contribution in [-0.4, -0.2) is 23.9 Å². The number of hydrogen-bond acceptors (Lipinski definition) is 4. The van der Waals surface area contributed by atoms with Crippen LogP contribution in [0.2, 0.25) is 5.02 Å². The molecule has 9 heteroatoms. The van der Waals surface area contributed by atoms with Gasteiger partial charge in [0.05, 0.1) is 22.3 Å². The molecule has 4 rings (SSSR count). The highest BCUT2D eigenvalue weighted by molar-refractivity contribution is 7.92. The predicted octanol–water partition coefficient (Wildman–Crippen LogP) is 4.52. The van der Waals surface area contributed by atoms with Gasteiger partial charge in [-0.15, -0.1) is 0 Å². The van der Waals surface area contributed by atoms with Crippen LogP contribution in [0.4, 0.5) is 11.4 Å². The van der Waals surface area contributed by atoms with Crippen LogP contribution in [0.3, 0.4) is 0 Å². The fraction of sp³-hybridized carbons (Fsp3) is 0.0909. The molecule has 7 nitrogen and oxygen atoms in total. The van der Waals surface area contributed by atoms with Gasteiger partial charge in [-0.05, 0) is 54.6 Å². The second-order valence-corrected chi connectivity index (χ2v) is 8.98. The van der Waals surface area contributed by atoms with Gasteiger partial charge in [-0.3, -0.25) is 9.52 Å². The van der Waals surface area contributed by atoms with Gasteiger partial charge in [-0.2, -0.15) is 0 Å². The maximum Gasteiger partial charge on any atom is 0.261 e. The van der Waals surface area contributed by atoms with Crippen molar-refractivity contribution in [2.45, 2.75) is 17.9 Å². The first-order chi connectivity index (χ1) is 14.9. The van der Waals surface area contributed by atoms with E-state index < -0.39 is 10.0 Å². The number of nitrogens with one attached hydrogen (secondary N) is 2. The molecule has 3 aromatic carbocycles. The molecule has 0 spiro atoms. The third-order valence-electron chi connectivity index (χ3n) is 4.63. The van der Waals surface area contributed by atoms with Crippen LogP contribution in [0.15, 0.2) is 84.0 Å². The lowest BCUT2D eigenvalue weighted by molar-refractivity contribution is -0.116. The smallest absolute Gasteiger partial charge is 0.261 e. The van der Waals surface area contributed by atoms with Crippen LogP contribution in [0.25, 0.3) is 11.0 Å². The van der Waals surface area contributed by atoms with Crippen LogP contribution in [0.1, 0.15) is 6.42 Å². The van der Waals surface area contributed by atoms with Crippen molar-refractivity contribution in [3.05, 3.63) is 84.1 Å². The van der Waals surface area contributed by atoms with Gasteiger partial charge >= 0.3 is 0 Å². The minimum atomic E-state index is -3.81. The van der Waals surface area contributed by atoms with Crippen LogP contribution < -0.4 is 10.0 Å². The van der Waals surface area contributed by atoms with E-state index in [2.05, 4.69) is 15.0 Å². The minimum Gasteiger partial charge on any atom is -0.330 e. The van der Waals surface area contributed by atoms with Gasteiger partial charge in [-0.1, -0.05) is 29.8 Å². The van der Waals surface area contributed by atoms with Gasteiger partial charge in [0.2, 0.25) is 5.91 Å². The number of benzene rings is 3. The Morgan fingerprint density at radius 3 is 2.55 bits per heavy atom. The molecule has 1 amide bonds. The Kier molecular flexibility index (Phi) is 5.92. The molecule has 0 aliphatic rings. The average molecular weight is 455 g/mol. The number of carbonyl (C=O) groups excluding carboxylic acids is 1. The molecule has 0 unspecified atom stereocenters. The van der Waals surface area contributed by atoms with Crippen molar-refractivity contribution in [2.24, 2.45) is 0 Å². The summed E-state index contributed by atoms with van der Waals surface area (Å²) in [6.07, 6.45) is 1.92. The number of aromatic nitrogens is 2. The summed E-state index contributed by atoms with van der Waals surface area (Å²) in [5, 5.41) is 3.26. The molecule has 0 bridgehead atoms.